The molecule has 108 valence electrons. The van der Waals surface area contributed by atoms with E-state index in [4.69, 9.17) is 4.74 Å². The van der Waals surface area contributed by atoms with Crippen LogP contribution in [-0.4, -0.2) is 49.0 Å². The van der Waals surface area contributed by atoms with Crippen molar-refractivity contribution in [3.8, 4) is 0 Å². The number of β-amino-alcohol motifs (C(OH)–C–C–N with tert-alkyl or cyclic N) is 1. The first kappa shape index (κ1) is 14.0. The molecule has 0 spiro atoms. The summed E-state index contributed by atoms with van der Waals surface area (Å²) < 4.78 is 7.09. The van der Waals surface area contributed by atoms with Gasteiger partial charge in [0.1, 0.15) is 0 Å². The molecule has 0 radical (unpaired) electrons. The van der Waals surface area contributed by atoms with Crippen molar-refractivity contribution in [3.05, 3.63) is 35.2 Å². The molecule has 2 heterocycles. The SMILES string of the molecule is O[C@@H]1CCN(CCOCCc2csc3ccccc23)C1. The van der Waals surface area contributed by atoms with Crippen LogP contribution in [0.2, 0.25) is 0 Å². The molecule has 0 aliphatic carbocycles. The number of ether oxygens (including phenoxy) is 1. The lowest BCUT2D eigenvalue weighted by Gasteiger charge is -2.14. The molecular formula is C16H21NO2S. The zero-order chi connectivity index (χ0) is 13.8. The van der Waals surface area contributed by atoms with Crippen molar-refractivity contribution in [3.63, 3.8) is 0 Å². The summed E-state index contributed by atoms with van der Waals surface area (Å²) in [6.07, 6.45) is 1.75. The normalized spacial score (nSPS) is 19.9. The fourth-order valence-corrected chi connectivity index (χ4v) is 3.72. The van der Waals surface area contributed by atoms with E-state index < -0.39 is 0 Å². The van der Waals surface area contributed by atoms with Gasteiger partial charge in [-0.2, -0.15) is 0 Å². The summed E-state index contributed by atoms with van der Waals surface area (Å²) in [5.41, 5.74) is 1.39. The Morgan fingerprint density at radius 1 is 1.30 bits per heavy atom. The molecule has 1 atom stereocenters. The molecule has 1 aliphatic rings. The maximum atomic E-state index is 9.45. The quantitative estimate of drug-likeness (QED) is 0.830. The van der Waals surface area contributed by atoms with Crippen LogP contribution in [-0.2, 0) is 11.2 Å². The Morgan fingerprint density at radius 3 is 3.05 bits per heavy atom. The molecule has 4 heteroatoms. The fourth-order valence-electron chi connectivity index (χ4n) is 2.72. The Morgan fingerprint density at radius 2 is 2.20 bits per heavy atom. The predicted molar refractivity (Wildman–Crippen MR) is 83.4 cm³/mol. The van der Waals surface area contributed by atoms with Crippen LogP contribution in [0.1, 0.15) is 12.0 Å². The van der Waals surface area contributed by atoms with Crippen molar-refractivity contribution in [1.82, 2.24) is 4.90 Å². The van der Waals surface area contributed by atoms with Gasteiger partial charge in [-0.05, 0) is 35.2 Å². The zero-order valence-corrected chi connectivity index (χ0v) is 12.4. The van der Waals surface area contributed by atoms with Crippen molar-refractivity contribution in [2.75, 3.05) is 32.8 Å². The van der Waals surface area contributed by atoms with Crippen LogP contribution in [0.3, 0.4) is 0 Å². The van der Waals surface area contributed by atoms with E-state index in [1.165, 1.54) is 15.6 Å². The molecule has 0 amide bonds. The average molecular weight is 291 g/mol. The number of likely N-dealkylation sites (tertiary alicyclic amines) is 1. The molecule has 0 bridgehead atoms. The van der Waals surface area contributed by atoms with Gasteiger partial charge < -0.3 is 9.84 Å². The molecule has 1 aromatic heterocycles. The second kappa shape index (κ2) is 6.68. The van der Waals surface area contributed by atoms with Crippen molar-refractivity contribution in [2.45, 2.75) is 18.9 Å². The summed E-state index contributed by atoms with van der Waals surface area (Å²) in [4.78, 5) is 2.27. The lowest BCUT2D eigenvalue weighted by Crippen LogP contribution is -2.26. The largest absolute Gasteiger partial charge is 0.392 e. The fraction of sp³-hybridized carbons (Fsp3) is 0.500. The summed E-state index contributed by atoms with van der Waals surface area (Å²) in [6.45, 7) is 4.27. The minimum absolute atomic E-state index is 0.132. The highest BCUT2D eigenvalue weighted by Gasteiger charge is 2.19. The molecule has 0 unspecified atom stereocenters. The van der Waals surface area contributed by atoms with Gasteiger partial charge >= 0.3 is 0 Å². The second-order valence-electron chi connectivity index (χ2n) is 5.36. The number of hydrogen-bond donors (Lipinski definition) is 1. The van der Waals surface area contributed by atoms with Crippen LogP contribution < -0.4 is 0 Å². The summed E-state index contributed by atoms with van der Waals surface area (Å²) in [5, 5.41) is 13.1. The zero-order valence-electron chi connectivity index (χ0n) is 11.6. The van der Waals surface area contributed by atoms with E-state index in [0.717, 1.165) is 45.7 Å². The monoisotopic (exact) mass is 291 g/mol. The molecule has 1 fully saturated rings. The summed E-state index contributed by atoms with van der Waals surface area (Å²) >= 11 is 1.81. The van der Waals surface area contributed by atoms with Gasteiger partial charge in [0.25, 0.3) is 0 Å². The predicted octanol–water partition coefficient (Wildman–Crippen LogP) is 2.53. The van der Waals surface area contributed by atoms with Gasteiger partial charge in [0, 0.05) is 24.3 Å². The summed E-state index contributed by atoms with van der Waals surface area (Å²) in [6, 6.07) is 8.54. The van der Waals surface area contributed by atoms with E-state index in [0.29, 0.717) is 0 Å². The Bertz CT molecular complexity index is 554. The number of aliphatic hydroxyl groups is 1. The first-order valence-corrected chi connectivity index (χ1v) is 8.14. The van der Waals surface area contributed by atoms with Gasteiger partial charge in [-0.1, -0.05) is 18.2 Å². The maximum absolute atomic E-state index is 9.45. The Balaban J connectivity index is 1.39. The van der Waals surface area contributed by atoms with E-state index in [9.17, 15) is 5.11 Å². The lowest BCUT2D eigenvalue weighted by molar-refractivity contribution is 0.107. The third-order valence-electron chi connectivity index (χ3n) is 3.88. The van der Waals surface area contributed by atoms with Crippen LogP contribution in [0.15, 0.2) is 29.6 Å². The summed E-state index contributed by atoms with van der Waals surface area (Å²) in [5.74, 6) is 0. The van der Waals surface area contributed by atoms with E-state index in [-0.39, 0.29) is 6.10 Å². The number of benzene rings is 1. The van der Waals surface area contributed by atoms with Crippen molar-refractivity contribution in [2.24, 2.45) is 0 Å². The van der Waals surface area contributed by atoms with Crippen LogP contribution in [0, 0.1) is 0 Å². The molecule has 1 aliphatic heterocycles. The highest BCUT2D eigenvalue weighted by atomic mass is 32.1. The van der Waals surface area contributed by atoms with Gasteiger partial charge in [-0.3, -0.25) is 4.90 Å². The third-order valence-corrected chi connectivity index (χ3v) is 4.89. The van der Waals surface area contributed by atoms with E-state index >= 15 is 0 Å². The topological polar surface area (TPSA) is 32.7 Å². The highest BCUT2D eigenvalue weighted by molar-refractivity contribution is 7.17. The molecule has 1 aromatic carbocycles. The first-order valence-electron chi connectivity index (χ1n) is 7.26. The number of hydrogen-bond acceptors (Lipinski definition) is 4. The van der Waals surface area contributed by atoms with E-state index in [1.54, 1.807) is 11.3 Å². The highest BCUT2D eigenvalue weighted by Crippen LogP contribution is 2.25. The number of thiophene rings is 1. The lowest BCUT2D eigenvalue weighted by atomic mass is 10.1. The standard InChI is InChI=1S/C16H21NO2S/c18-14-5-7-17(11-14)8-10-19-9-6-13-12-20-16-4-2-1-3-15(13)16/h1-4,12,14,18H,5-11H2/t14-/m1/s1. The summed E-state index contributed by atoms with van der Waals surface area (Å²) in [7, 11) is 0. The molecule has 20 heavy (non-hydrogen) atoms. The molecule has 2 aromatic rings. The van der Waals surface area contributed by atoms with Gasteiger partial charge in [-0.25, -0.2) is 0 Å². The van der Waals surface area contributed by atoms with E-state index in [2.05, 4.69) is 34.5 Å². The van der Waals surface area contributed by atoms with Crippen LogP contribution in [0.5, 0.6) is 0 Å². The van der Waals surface area contributed by atoms with Crippen molar-refractivity contribution in [1.29, 1.82) is 0 Å². The number of nitrogens with zero attached hydrogens (tertiary/aromatic N) is 1. The average Bonchev–Trinajstić information content (AvgIpc) is 3.05. The van der Waals surface area contributed by atoms with Crippen molar-refractivity contribution < 1.29 is 9.84 Å². The second-order valence-corrected chi connectivity index (χ2v) is 6.27. The molecule has 1 saturated heterocycles. The smallest absolute Gasteiger partial charge is 0.0679 e. The van der Waals surface area contributed by atoms with Crippen molar-refractivity contribution >= 4 is 21.4 Å². The first-order chi connectivity index (χ1) is 9.83. The third kappa shape index (κ3) is 3.38. The van der Waals surface area contributed by atoms with Gasteiger partial charge in [0.05, 0.1) is 19.3 Å². The minimum atomic E-state index is -0.132. The Kier molecular flexibility index (Phi) is 4.68. The van der Waals surface area contributed by atoms with Gasteiger partial charge in [-0.15, -0.1) is 11.3 Å². The Hall–Kier alpha value is -0.940. The number of aliphatic hydroxyl groups excluding tert-OH is 1. The molecule has 1 N–H and O–H groups in total. The van der Waals surface area contributed by atoms with Crippen LogP contribution in [0.25, 0.3) is 10.1 Å². The molecule has 3 nitrogen and oxygen atoms in total. The van der Waals surface area contributed by atoms with Gasteiger partial charge in [0.2, 0.25) is 0 Å². The van der Waals surface area contributed by atoms with Crippen LogP contribution >= 0.6 is 11.3 Å². The minimum Gasteiger partial charge on any atom is -0.392 e. The number of rotatable bonds is 6. The van der Waals surface area contributed by atoms with Crippen LogP contribution in [0.4, 0.5) is 0 Å². The molecule has 3 rings (SSSR count). The van der Waals surface area contributed by atoms with E-state index in [1.807, 2.05) is 0 Å². The molecule has 0 saturated carbocycles. The molecular weight excluding hydrogens is 270 g/mol. The Labute approximate surface area is 123 Å². The van der Waals surface area contributed by atoms with Gasteiger partial charge in [0.15, 0.2) is 0 Å². The maximum Gasteiger partial charge on any atom is 0.0679 e. The number of fused-ring (bicyclic) bond motifs is 1.